The molecule has 0 radical (unpaired) electrons. The van der Waals surface area contributed by atoms with Crippen molar-refractivity contribution in [2.24, 2.45) is 5.92 Å². The standard InChI is InChI=1S/C16H23NO2/c1-11(2)10-17-16(18)7-6-15-12(3)8-14(19-5)9-13(15)4/h6-9,11H,10H2,1-5H3,(H,17,18)/b7-6+. The van der Waals surface area contributed by atoms with E-state index >= 15 is 0 Å². The van der Waals surface area contributed by atoms with Crippen LogP contribution in [0.15, 0.2) is 18.2 Å². The zero-order valence-corrected chi connectivity index (χ0v) is 12.4. The molecule has 0 spiro atoms. The van der Waals surface area contributed by atoms with Gasteiger partial charge in [0.05, 0.1) is 7.11 Å². The van der Waals surface area contributed by atoms with Crippen LogP contribution in [0.4, 0.5) is 0 Å². The lowest BCUT2D eigenvalue weighted by Crippen LogP contribution is -2.25. The summed E-state index contributed by atoms with van der Waals surface area (Å²) in [7, 11) is 1.66. The molecule has 1 rings (SSSR count). The second-order valence-electron chi connectivity index (χ2n) is 5.15. The summed E-state index contributed by atoms with van der Waals surface area (Å²) >= 11 is 0. The van der Waals surface area contributed by atoms with Crippen LogP contribution in [0.3, 0.4) is 0 Å². The van der Waals surface area contributed by atoms with E-state index in [2.05, 4.69) is 19.2 Å². The first-order chi connectivity index (χ1) is 8.93. The Balaban J connectivity index is 2.79. The summed E-state index contributed by atoms with van der Waals surface area (Å²) in [4.78, 5) is 11.6. The Morgan fingerprint density at radius 3 is 2.37 bits per heavy atom. The summed E-state index contributed by atoms with van der Waals surface area (Å²) in [5.74, 6) is 1.25. The van der Waals surface area contributed by atoms with E-state index in [0.717, 1.165) is 22.4 Å². The number of rotatable bonds is 5. The summed E-state index contributed by atoms with van der Waals surface area (Å²) in [5.41, 5.74) is 3.27. The number of hydrogen-bond acceptors (Lipinski definition) is 2. The van der Waals surface area contributed by atoms with Gasteiger partial charge in [0, 0.05) is 12.6 Å². The van der Waals surface area contributed by atoms with Gasteiger partial charge in [-0.15, -0.1) is 0 Å². The predicted octanol–water partition coefficient (Wildman–Crippen LogP) is 3.10. The smallest absolute Gasteiger partial charge is 0.244 e. The molecule has 0 aliphatic heterocycles. The molecule has 104 valence electrons. The van der Waals surface area contributed by atoms with Gasteiger partial charge in [-0.3, -0.25) is 4.79 Å². The van der Waals surface area contributed by atoms with Crippen molar-refractivity contribution >= 4 is 12.0 Å². The fraction of sp³-hybridized carbons (Fsp3) is 0.438. The lowest BCUT2D eigenvalue weighted by molar-refractivity contribution is -0.116. The van der Waals surface area contributed by atoms with Crippen molar-refractivity contribution in [2.75, 3.05) is 13.7 Å². The Hall–Kier alpha value is -1.77. The zero-order chi connectivity index (χ0) is 14.4. The Bertz CT molecular complexity index is 453. The maximum atomic E-state index is 11.6. The van der Waals surface area contributed by atoms with E-state index in [1.807, 2.05) is 32.1 Å². The highest BCUT2D eigenvalue weighted by Crippen LogP contribution is 2.22. The van der Waals surface area contributed by atoms with Crippen LogP contribution in [0.25, 0.3) is 6.08 Å². The number of hydrogen-bond donors (Lipinski definition) is 1. The third kappa shape index (κ3) is 4.78. The van der Waals surface area contributed by atoms with Gasteiger partial charge in [0.1, 0.15) is 5.75 Å². The first-order valence-electron chi connectivity index (χ1n) is 6.55. The van der Waals surface area contributed by atoms with Crippen molar-refractivity contribution in [2.45, 2.75) is 27.7 Å². The van der Waals surface area contributed by atoms with E-state index in [9.17, 15) is 4.79 Å². The lowest BCUT2D eigenvalue weighted by atomic mass is 10.0. The van der Waals surface area contributed by atoms with Crippen molar-refractivity contribution in [3.63, 3.8) is 0 Å². The molecule has 3 nitrogen and oxygen atoms in total. The van der Waals surface area contributed by atoms with Gasteiger partial charge in [-0.1, -0.05) is 13.8 Å². The van der Waals surface area contributed by atoms with Gasteiger partial charge in [-0.05, 0) is 54.7 Å². The average molecular weight is 261 g/mol. The molecule has 0 aromatic heterocycles. The zero-order valence-electron chi connectivity index (χ0n) is 12.4. The molecule has 0 aliphatic carbocycles. The van der Waals surface area contributed by atoms with E-state index in [-0.39, 0.29) is 5.91 Å². The highest BCUT2D eigenvalue weighted by atomic mass is 16.5. The fourth-order valence-corrected chi connectivity index (χ4v) is 1.84. The average Bonchev–Trinajstić information content (AvgIpc) is 2.34. The molecule has 1 N–H and O–H groups in total. The van der Waals surface area contributed by atoms with Crippen LogP contribution in [0, 0.1) is 19.8 Å². The second-order valence-corrected chi connectivity index (χ2v) is 5.15. The van der Waals surface area contributed by atoms with Crippen LogP contribution < -0.4 is 10.1 Å². The van der Waals surface area contributed by atoms with E-state index in [0.29, 0.717) is 12.5 Å². The van der Waals surface area contributed by atoms with Crippen molar-refractivity contribution in [1.29, 1.82) is 0 Å². The summed E-state index contributed by atoms with van der Waals surface area (Å²) in [6.45, 7) is 8.87. The molecule has 0 saturated carbocycles. The number of ether oxygens (including phenoxy) is 1. The minimum atomic E-state index is -0.0525. The van der Waals surface area contributed by atoms with E-state index in [4.69, 9.17) is 4.74 Å². The SMILES string of the molecule is COc1cc(C)c(/C=C/C(=O)NCC(C)C)c(C)c1. The van der Waals surface area contributed by atoms with Gasteiger partial charge in [0.25, 0.3) is 0 Å². The van der Waals surface area contributed by atoms with Gasteiger partial charge >= 0.3 is 0 Å². The topological polar surface area (TPSA) is 38.3 Å². The first-order valence-corrected chi connectivity index (χ1v) is 6.55. The molecule has 0 atom stereocenters. The molecular formula is C16H23NO2. The van der Waals surface area contributed by atoms with E-state index in [1.165, 1.54) is 0 Å². The van der Waals surface area contributed by atoms with E-state index < -0.39 is 0 Å². The number of aryl methyl sites for hydroxylation is 2. The Labute approximate surface area is 115 Å². The molecule has 1 amide bonds. The molecule has 0 saturated heterocycles. The number of carbonyl (C=O) groups is 1. The number of nitrogens with one attached hydrogen (secondary N) is 1. The van der Waals surface area contributed by atoms with Gasteiger partial charge in [-0.2, -0.15) is 0 Å². The summed E-state index contributed by atoms with van der Waals surface area (Å²) in [6.07, 6.45) is 3.45. The van der Waals surface area contributed by atoms with Crippen molar-refractivity contribution in [1.82, 2.24) is 5.32 Å². The maximum Gasteiger partial charge on any atom is 0.244 e. The third-order valence-electron chi connectivity index (χ3n) is 2.89. The largest absolute Gasteiger partial charge is 0.497 e. The van der Waals surface area contributed by atoms with E-state index in [1.54, 1.807) is 13.2 Å². The van der Waals surface area contributed by atoms with Crippen molar-refractivity contribution in [3.8, 4) is 5.75 Å². The minimum Gasteiger partial charge on any atom is -0.497 e. The predicted molar refractivity (Wildman–Crippen MR) is 79.3 cm³/mol. The van der Waals surface area contributed by atoms with Crippen LogP contribution in [0.2, 0.25) is 0 Å². The van der Waals surface area contributed by atoms with Crippen LogP contribution in [-0.4, -0.2) is 19.6 Å². The lowest BCUT2D eigenvalue weighted by Gasteiger charge is -2.09. The molecule has 3 heteroatoms. The van der Waals surface area contributed by atoms with Crippen molar-refractivity contribution in [3.05, 3.63) is 34.9 Å². The minimum absolute atomic E-state index is 0.0525. The fourth-order valence-electron chi connectivity index (χ4n) is 1.84. The first kappa shape index (κ1) is 15.3. The molecule has 1 aromatic carbocycles. The Morgan fingerprint density at radius 1 is 1.32 bits per heavy atom. The number of benzene rings is 1. The Kier molecular flexibility index (Phi) is 5.61. The summed E-state index contributed by atoms with van der Waals surface area (Å²) in [6, 6.07) is 3.94. The van der Waals surface area contributed by atoms with Gasteiger partial charge < -0.3 is 10.1 Å². The van der Waals surface area contributed by atoms with Crippen LogP contribution in [0.1, 0.15) is 30.5 Å². The third-order valence-corrected chi connectivity index (χ3v) is 2.89. The number of carbonyl (C=O) groups excluding carboxylic acids is 1. The summed E-state index contributed by atoms with van der Waals surface area (Å²) < 4.78 is 5.22. The van der Waals surface area contributed by atoms with Gasteiger partial charge in [-0.25, -0.2) is 0 Å². The van der Waals surface area contributed by atoms with Gasteiger partial charge in [0.15, 0.2) is 0 Å². The van der Waals surface area contributed by atoms with Crippen LogP contribution in [-0.2, 0) is 4.79 Å². The molecule has 1 aromatic rings. The molecular weight excluding hydrogens is 238 g/mol. The molecule has 0 unspecified atom stereocenters. The highest BCUT2D eigenvalue weighted by Gasteiger charge is 2.04. The monoisotopic (exact) mass is 261 g/mol. The molecule has 0 bridgehead atoms. The number of amides is 1. The van der Waals surface area contributed by atoms with Crippen LogP contribution >= 0.6 is 0 Å². The normalized spacial score (nSPS) is 11.1. The molecule has 0 heterocycles. The molecule has 19 heavy (non-hydrogen) atoms. The van der Waals surface area contributed by atoms with Gasteiger partial charge in [0.2, 0.25) is 5.91 Å². The number of methoxy groups -OCH3 is 1. The maximum absolute atomic E-state index is 11.6. The quantitative estimate of drug-likeness (QED) is 0.827. The van der Waals surface area contributed by atoms with Crippen LogP contribution in [0.5, 0.6) is 5.75 Å². The molecule has 0 aliphatic rings. The highest BCUT2D eigenvalue weighted by molar-refractivity contribution is 5.92. The summed E-state index contributed by atoms with van der Waals surface area (Å²) in [5, 5.41) is 2.86. The van der Waals surface area contributed by atoms with Crippen molar-refractivity contribution < 1.29 is 9.53 Å². The molecule has 0 fully saturated rings. The second kappa shape index (κ2) is 6.98. The Morgan fingerprint density at radius 2 is 1.89 bits per heavy atom.